The van der Waals surface area contributed by atoms with Crippen molar-refractivity contribution < 1.29 is 23.5 Å². The van der Waals surface area contributed by atoms with E-state index in [4.69, 9.17) is 9.47 Å². The Labute approximate surface area is 160 Å². The summed E-state index contributed by atoms with van der Waals surface area (Å²) in [7, 11) is 0. The summed E-state index contributed by atoms with van der Waals surface area (Å²) in [5, 5.41) is 5.95. The van der Waals surface area contributed by atoms with Crippen LogP contribution >= 0.6 is 0 Å². The van der Waals surface area contributed by atoms with E-state index in [1.807, 2.05) is 18.2 Å². The molecule has 0 saturated carbocycles. The molecule has 3 aliphatic heterocycles. The Morgan fingerprint density at radius 2 is 2.00 bits per heavy atom. The van der Waals surface area contributed by atoms with Gasteiger partial charge in [-0.3, -0.25) is 9.59 Å². The first-order valence-electron chi connectivity index (χ1n) is 9.11. The highest BCUT2D eigenvalue weighted by Gasteiger charge is 2.33. The summed E-state index contributed by atoms with van der Waals surface area (Å²) in [6, 6.07) is 9.77. The van der Waals surface area contributed by atoms with Crippen LogP contribution in [0.5, 0.6) is 0 Å². The number of halogens is 1. The molecule has 1 saturated heterocycles. The van der Waals surface area contributed by atoms with E-state index in [9.17, 15) is 14.0 Å². The van der Waals surface area contributed by atoms with E-state index < -0.39 is 5.82 Å². The van der Waals surface area contributed by atoms with E-state index in [1.54, 1.807) is 6.07 Å². The molecule has 3 heterocycles. The average molecular weight is 380 g/mol. The number of esters is 1. The molecule has 1 amide bonds. The standard InChI is InChI=1S/C21H17FN2O4/c22-13-2-4-16-15(8-13)18(20(25)24-16)19-14-3-1-11(7-12(14)10-28-19)9-23-17-5-6-27-21(17)26/h1-4,7-8,17,23H,5-6,9-10H2,(H,24,25)/b19-18+. The minimum atomic E-state index is -0.404. The molecule has 142 valence electrons. The Morgan fingerprint density at radius 3 is 2.82 bits per heavy atom. The SMILES string of the molecule is O=C1Nc2ccc(F)cc2/C1=C1\OCc2cc(CNC3CCOC3=O)ccc21. The van der Waals surface area contributed by atoms with Crippen LogP contribution < -0.4 is 10.6 Å². The minimum absolute atomic E-state index is 0.213. The number of hydrogen-bond donors (Lipinski definition) is 2. The van der Waals surface area contributed by atoms with E-state index >= 15 is 0 Å². The van der Waals surface area contributed by atoms with Crippen molar-refractivity contribution in [3.05, 3.63) is 64.5 Å². The van der Waals surface area contributed by atoms with Crippen LogP contribution in [-0.4, -0.2) is 24.5 Å². The zero-order valence-corrected chi connectivity index (χ0v) is 14.9. The first kappa shape index (κ1) is 16.9. The Balaban J connectivity index is 1.44. The first-order chi connectivity index (χ1) is 13.6. The number of ether oxygens (including phenoxy) is 2. The predicted molar refractivity (Wildman–Crippen MR) is 99.3 cm³/mol. The molecule has 0 aromatic heterocycles. The van der Waals surface area contributed by atoms with E-state index in [1.165, 1.54) is 12.1 Å². The van der Waals surface area contributed by atoms with Gasteiger partial charge >= 0.3 is 5.97 Å². The Morgan fingerprint density at radius 1 is 1.11 bits per heavy atom. The number of rotatable bonds is 3. The van der Waals surface area contributed by atoms with Gasteiger partial charge in [-0.2, -0.15) is 0 Å². The summed E-state index contributed by atoms with van der Waals surface area (Å²) in [5.41, 5.74) is 4.23. The fourth-order valence-corrected chi connectivity index (χ4v) is 3.82. The maximum Gasteiger partial charge on any atom is 0.323 e. The van der Waals surface area contributed by atoms with Crippen LogP contribution in [0.15, 0.2) is 36.4 Å². The van der Waals surface area contributed by atoms with E-state index in [0.29, 0.717) is 48.8 Å². The monoisotopic (exact) mass is 380 g/mol. The highest BCUT2D eigenvalue weighted by Crippen LogP contribution is 2.41. The number of amides is 1. The molecule has 0 spiro atoms. The lowest BCUT2D eigenvalue weighted by atomic mass is 9.99. The number of carbonyl (C=O) groups excluding carboxylic acids is 2. The number of benzene rings is 2. The van der Waals surface area contributed by atoms with Crippen LogP contribution in [0.2, 0.25) is 0 Å². The molecule has 7 heteroatoms. The van der Waals surface area contributed by atoms with Gasteiger partial charge in [0.15, 0.2) is 0 Å². The molecule has 2 aromatic carbocycles. The number of fused-ring (bicyclic) bond motifs is 2. The second-order valence-electron chi connectivity index (χ2n) is 7.02. The number of cyclic esters (lactones) is 1. The zero-order chi connectivity index (χ0) is 19.3. The molecule has 6 nitrogen and oxygen atoms in total. The summed E-state index contributed by atoms with van der Waals surface area (Å²) in [6.45, 7) is 1.33. The van der Waals surface area contributed by atoms with Gasteiger partial charge in [0.25, 0.3) is 5.91 Å². The molecule has 0 radical (unpaired) electrons. The fraction of sp³-hybridized carbons (Fsp3) is 0.238. The van der Waals surface area contributed by atoms with Crippen LogP contribution in [0, 0.1) is 5.82 Å². The third kappa shape index (κ3) is 2.75. The van der Waals surface area contributed by atoms with Gasteiger partial charge in [0.2, 0.25) is 0 Å². The van der Waals surface area contributed by atoms with Crippen molar-refractivity contribution in [2.75, 3.05) is 11.9 Å². The molecular weight excluding hydrogens is 363 g/mol. The van der Waals surface area contributed by atoms with Gasteiger partial charge in [-0.1, -0.05) is 18.2 Å². The third-order valence-corrected chi connectivity index (χ3v) is 5.23. The predicted octanol–water partition coefficient (Wildman–Crippen LogP) is 2.58. The fourth-order valence-electron chi connectivity index (χ4n) is 3.82. The molecule has 2 aromatic rings. The van der Waals surface area contributed by atoms with Crippen molar-refractivity contribution in [3.8, 4) is 0 Å². The lowest BCUT2D eigenvalue weighted by Gasteiger charge is -2.09. The highest BCUT2D eigenvalue weighted by atomic mass is 19.1. The van der Waals surface area contributed by atoms with Crippen molar-refractivity contribution in [1.29, 1.82) is 0 Å². The Kier molecular flexibility index (Phi) is 3.91. The van der Waals surface area contributed by atoms with Gasteiger partial charge in [0, 0.05) is 35.3 Å². The van der Waals surface area contributed by atoms with Crippen molar-refractivity contribution >= 4 is 28.9 Å². The van der Waals surface area contributed by atoms with Crippen LogP contribution in [0.4, 0.5) is 10.1 Å². The van der Waals surface area contributed by atoms with E-state index in [0.717, 1.165) is 16.7 Å². The maximum atomic E-state index is 13.7. The normalized spacial score (nSPS) is 22.5. The molecule has 5 rings (SSSR count). The molecule has 1 unspecified atom stereocenters. The van der Waals surface area contributed by atoms with Crippen molar-refractivity contribution in [1.82, 2.24) is 5.32 Å². The second kappa shape index (κ2) is 6.45. The third-order valence-electron chi connectivity index (χ3n) is 5.23. The number of nitrogens with one attached hydrogen (secondary N) is 2. The minimum Gasteiger partial charge on any atom is -0.487 e. The van der Waals surface area contributed by atoms with Crippen molar-refractivity contribution in [3.63, 3.8) is 0 Å². The summed E-state index contributed by atoms with van der Waals surface area (Å²) in [4.78, 5) is 24.0. The zero-order valence-electron chi connectivity index (χ0n) is 14.9. The van der Waals surface area contributed by atoms with Gasteiger partial charge in [-0.05, 0) is 23.8 Å². The van der Waals surface area contributed by atoms with Crippen LogP contribution in [0.1, 0.15) is 28.7 Å². The largest absolute Gasteiger partial charge is 0.487 e. The average Bonchev–Trinajstić information content (AvgIpc) is 3.36. The maximum absolute atomic E-state index is 13.7. The van der Waals surface area contributed by atoms with Gasteiger partial charge in [-0.25, -0.2) is 4.39 Å². The van der Waals surface area contributed by atoms with Crippen molar-refractivity contribution in [2.24, 2.45) is 0 Å². The lowest BCUT2D eigenvalue weighted by molar-refractivity contribution is -0.139. The van der Waals surface area contributed by atoms with Gasteiger partial charge in [-0.15, -0.1) is 0 Å². The van der Waals surface area contributed by atoms with E-state index in [2.05, 4.69) is 10.6 Å². The summed E-state index contributed by atoms with van der Waals surface area (Å²) in [5.74, 6) is -0.447. The van der Waals surface area contributed by atoms with Gasteiger partial charge < -0.3 is 20.1 Å². The van der Waals surface area contributed by atoms with Crippen LogP contribution in [-0.2, 0) is 32.2 Å². The van der Waals surface area contributed by atoms with Gasteiger partial charge in [0.1, 0.15) is 24.2 Å². The lowest BCUT2D eigenvalue weighted by Crippen LogP contribution is -2.32. The molecule has 3 aliphatic rings. The molecule has 2 N–H and O–H groups in total. The second-order valence-corrected chi connectivity index (χ2v) is 7.02. The number of anilines is 1. The van der Waals surface area contributed by atoms with Crippen molar-refractivity contribution in [2.45, 2.75) is 25.6 Å². The topological polar surface area (TPSA) is 76.7 Å². The van der Waals surface area contributed by atoms with Gasteiger partial charge in [0.05, 0.1) is 12.2 Å². The van der Waals surface area contributed by atoms with E-state index in [-0.39, 0.29) is 17.9 Å². The van der Waals surface area contributed by atoms with Crippen LogP contribution in [0.25, 0.3) is 11.3 Å². The summed E-state index contributed by atoms with van der Waals surface area (Å²) in [6.07, 6.45) is 0.675. The Bertz CT molecular complexity index is 1050. The molecule has 1 fully saturated rings. The number of carbonyl (C=O) groups is 2. The first-order valence-corrected chi connectivity index (χ1v) is 9.11. The molecule has 0 aliphatic carbocycles. The molecule has 0 bridgehead atoms. The number of hydrogen-bond acceptors (Lipinski definition) is 5. The summed E-state index contributed by atoms with van der Waals surface area (Å²) >= 11 is 0. The molecular formula is C21H17FN2O4. The molecule has 1 atom stereocenters. The summed E-state index contributed by atoms with van der Waals surface area (Å²) < 4.78 is 24.5. The molecule has 28 heavy (non-hydrogen) atoms. The quantitative estimate of drug-likeness (QED) is 0.632. The van der Waals surface area contributed by atoms with Crippen LogP contribution in [0.3, 0.4) is 0 Å². The Hall–Kier alpha value is -3.19. The highest BCUT2D eigenvalue weighted by molar-refractivity contribution is 6.36. The smallest absolute Gasteiger partial charge is 0.323 e.